The second-order valence-corrected chi connectivity index (χ2v) is 8.85. The van der Waals surface area contributed by atoms with Gasteiger partial charge in [-0.25, -0.2) is 4.99 Å². The number of carbonyl (C=O) groups is 1. The van der Waals surface area contributed by atoms with Crippen LogP contribution in [-0.2, 0) is 9.53 Å². The summed E-state index contributed by atoms with van der Waals surface area (Å²) in [6.45, 7) is 1.00. The first-order valence-corrected chi connectivity index (χ1v) is 10.7. The molecule has 0 radical (unpaired) electrons. The number of hydrogen-bond donors (Lipinski definition) is 2. The lowest BCUT2D eigenvalue weighted by Gasteiger charge is -2.38. The van der Waals surface area contributed by atoms with Crippen LogP contribution >= 0.6 is 35.7 Å². The van der Waals surface area contributed by atoms with Crippen molar-refractivity contribution in [2.24, 2.45) is 4.99 Å². The van der Waals surface area contributed by atoms with Gasteiger partial charge >= 0.3 is 0 Å². The van der Waals surface area contributed by atoms with Crippen molar-refractivity contribution in [3.63, 3.8) is 0 Å². The standard InChI is InChI=1S/C18H32N4O2S.HI/c1-22(2)16(23)12-19-17(20-14-5-3-4-6-14)21-15-7-9-24-18(11-15)8-10-25-13-18;/h14-15H,3-13H2,1-2H3,(H2,19,20,21);1H. The highest BCUT2D eigenvalue weighted by Crippen LogP contribution is 2.38. The number of aliphatic imine (C=N–C) groups is 1. The number of carbonyl (C=O) groups excluding carboxylic acids is 1. The summed E-state index contributed by atoms with van der Waals surface area (Å²) in [7, 11) is 3.55. The minimum absolute atomic E-state index is 0. The summed E-state index contributed by atoms with van der Waals surface area (Å²) in [6.07, 6.45) is 8.12. The van der Waals surface area contributed by atoms with Gasteiger partial charge in [0.05, 0.1) is 5.60 Å². The quantitative estimate of drug-likeness (QED) is 0.355. The van der Waals surface area contributed by atoms with E-state index in [9.17, 15) is 4.79 Å². The van der Waals surface area contributed by atoms with Gasteiger partial charge in [0, 0.05) is 38.5 Å². The van der Waals surface area contributed by atoms with Crippen molar-refractivity contribution in [3.8, 4) is 0 Å². The van der Waals surface area contributed by atoms with Crippen LogP contribution in [0.25, 0.3) is 0 Å². The highest BCUT2D eigenvalue weighted by atomic mass is 127. The average molecular weight is 496 g/mol. The van der Waals surface area contributed by atoms with Gasteiger partial charge in [-0.15, -0.1) is 24.0 Å². The van der Waals surface area contributed by atoms with Crippen LogP contribution in [0.2, 0.25) is 0 Å². The first-order chi connectivity index (χ1) is 12.1. The Morgan fingerprint density at radius 3 is 2.62 bits per heavy atom. The first-order valence-electron chi connectivity index (χ1n) is 9.56. The van der Waals surface area contributed by atoms with E-state index < -0.39 is 0 Å². The van der Waals surface area contributed by atoms with E-state index in [0.29, 0.717) is 12.1 Å². The molecule has 0 aromatic carbocycles. The van der Waals surface area contributed by atoms with Crippen LogP contribution in [0.3, 0.4) is 0 Å². The van der Waals surface area contributed by atoms with E-state index in [0.717, 1.165) is 37.6 Å². The molecule has 150 valence electrons. The van der Waals surface area contributed by atoms with Gasteiger partial charge in [-0.1, -0.05) is 12.8 Å². The number of halogens is 1. The number of guanidine groups is 1. The molecule has 1 saturated carbocycles. The molecule has 2 unspecified atom stereocenters. The molecule has 2 atom stereocenters. The number of likely N-dealkylation sites (N-methyl/N-ethyl adjacent to an activating group) is 1. The number of hydrogen-bond acceptors (Lipinski definition) is 4. The van der Waals surface area contributed by atoms with Gasteiger partial charge in [-0.3, -0.25) is 4.79 Å². The predicted molar refractivity (Wildman–Crippen MR) is 119 cm³/mol. The summed E-state index contributed by atoms with van der Waals surface area (Å²) >= 11 is 2.00. The Bertz CT molecular complexity index is 492. The van der Waals surface area contributed by atoms with Crippen molar-refractivity contribution >= 4 is 47.6 Å². The van der Waals surface area contributed by atoms with Gasteiger partial charge in [-0.2, -0.15) is 11.8 Å². The zero-order valence-electron chi connectivity index (χ0n) is 16.0. The number of ether oxygens (including phenoxy) is 1. The number of amides is 1. The zero-order valence-corrected chi connectivity index (χ0v) is 19.1. The predicted octanol–water partition coefficient (Wildman–Crippen LogP) is 2.23. The van der Waals surface area contributed by atoms with Crippen LogP contribution in [0.5, 0.6) is 0 Å². The third-order valence-corrected chi connectivity index (χ3v) is 6.69. The highest BCUT2D eigenvalue weighted by Gasteiger charge is 2.40. The monoisotopic (exact) mass is 496 g/mol. The summed E-state index contributed by atoms with van der Waals surface area (Å²) in [6, 6.07) is 0.853. The van der Waals surface area contributed by atoms with E-state index >= 15 is 0 Å². The topological polar surface area (TPSA) is 66.0 Å². The molecular formula is C18H33IN4O2S. The summed E-state index contributed by atoms with van der Waals surface area (Å²) in [4.78, 5) is 18.1. The maximum Gasteiger partial charge on any atom is 0.243 e. The van der Waals surface area contributed by atoms with Crippen LogP contribution in [0.1, 0.15) is 44.9 Å². The maximum absolute atomic E-state index is 11.9. The Morgan fingerprint density at radius 1 is 1.23 bits per heavy atom. The van der Waals surface area contributed by atoms with Gasteiger partial charge in [0.2, 0.25) is 5.91 Å². The summed E-state index contributed by atoms with van der Waals surface area (Å²) in [5.74, 6) is 3.14. The van der Waals surface area contributed by atoms with E-state index in [1.165, 1.54) is 31.4 Å². The number of nitrogens with zero attached hydrogens (tertiary/aromatic N) is 2. The molecule has 3 aliphatic rings. The van der Waals surface area contributed by atoms with Crippen molar-refractivity contribution in [1.29, 1.82) is 0 Å². The van der Waals surface area contributed by atoms with E-state index in [1.54, 1.807) is 19.0 Å². The average Bonchev–Trinajstić information content (AvgIpc) is 3.25. The van der Waals surface area contributed by atoms with Crippen LogP contribution in [0.4, 0.5) is 0 Å². The molecule has 2 aliphatic heterocycles. The molecule has 3 rings (SSSR count). The number of thioether (sulfide) groups is 1. The maximum atomic E-state index is 11.9. The van der Waals surface area contributed by atoms with Gasteiger partial charge in [-0.05, 0) is 37.9 Å². The lowest BCUT2D eigenvalue weighted by Crippen LogP contribution is -2.53. The Morgan fingerprint density at radius 2 is 1.96 bits per heavy atom. The third-order valence-electron chi connectivity index (χ3n) is 5.47. The molecule has 6 nitrogen and oxygen atoms in total. The number of nitrogens with one attached hydrogen (secondary N) is 2. The Labute approximate surface area is 178 Å². The second-order valence-electron chi connectivity index (χ2n) is 7.75. The van der Waals surface area contributed by atoms with E-state index in [1.807, 2.05) is 11.8 Å². The lowest BCUT2D eigenvalue weighted by molar-refractivity contribution is -0.127. The molecule has 26 heavy (non-hydrogen) atoms. The molecule has 1 amide bonds. The minimum Gasteiger partial charge on any atom is -0.374 e. The molecule has 2 heterocycles. The molecule has 2 N–H and O–H groups in total. The van der Waals surface area contributed by atoms with Crippen molar-refractivity contribution in [2.75, 3.05) is 38.8 Å². The molecule has 0 aromatic rings. The highest BCUT2D eigenvalue weighted by molar-refractivity contribution is 14.0. The van der Waals surface area contributed by atoms with Crippen molar-refractivity contribution in [3.05, 3.63) is 0 Å². The SMILES string of the molecule is CN(C)C(=O)CN=C(NC1CCCC1)NC1CCOC2(CCSC2)C1.I. The minimum atomic E-state index is 0. The normalized spacial score (nSPS) is 29.5. The van der Waals surface area contributed by atoms with Gasteiger partial charge < -0.3 is 20.3 Å². The van der Waals surface area contributed by atoms with E-state index in [-0.39, 0.29) is 42.0 Å². The van der Waals surface area contributed by atoms with Crippen LogP contribution in [0, 0.1) is 0 Å². The van der Waals surface area contributed by atoms with Crippen LogP contribution in [-0.4, -0.2) is 73.2 Å². The fraction of sp³-hybridized carbons (Fsp3) is 0.889. The van der Waals surface area contributed by atoms with E-state index in [2.05, 4.69) is 15.6 Å². The van der Waals surface area contributed by atoms with E-state index in [4.69, 9.17) is 4.74 Å². The van der Waals surface area contributed by atoms with Crippen molar-refractivity contribution < 1.29 is 9.53 Å². The van der Waals surface area contributed by atoms with Crippen LogP contribution in [0.15, 0.2) is 4.99 Å². The van der Waals surface area contributed by atoms with Crippen molar-refractivity contribution in [1.82, 2.24) is 15.5 Å². The number of rotatable bonds is 4. The first kappa shape index (κ1) is 22.1. The fourth-order valence-electron chi connectivity index (χ4n) is 3.89. The summed E-state index contributed by atoms with van der Waals surface area (Å²) in [5.41, 5.74) is 0.0541. The van der Waals surface area contributed by atoms with Gasteiger partial charge in [0.15, 0.2) is 5.96 Å². The molecule has 0 aromatic heterocycles. The molecule has 1 spiro atoms. The fourth-order valence-corrected chi connectivity index (χ4v) is 5.27. The molecule has 2 saturated heterocycles. The molecule has 0 bridgehead atoms. The Balaban J connectivity index is 0.00000243. The van der Waals surface area contributed by atoms with Crippen LogP contribution < -0.4 is 10.6 Å². The Kier molecular flexibility index (Phi) is 8.79. The summed E-state index contributed by atoms with van der Waals surface area (Å²) < 4.78 is 6.12. The molecule has 8 heteroatoms. The van der Waals surface area contributed by atoms with Gasteiger partial charge in [0.1, 0.15) is 6.54 Å². The van der Waals surface area contributed by atoms with Crippen molar-refractivity contribution in [2.45, 2.75) is 62.6 Å². The second kappa shape index (κ2) is 10.4. The molecule has 1 aliphatic carbocycles. The Hall–Kier alpha value is -0.220. The zero-order chi connectivity index (χ0) is 17.7. The molecular weight excluding hydrogens is 463 g/mol. The lowest BCUT2D eigenvalue weighted by atomic mass is 9.90. The molecule has 3 fully saturated rings. The summed E-state index contributed by atoms with van der Waals surface area (Å²) in [5, 5.41) is 7.17. The third kappa shape index (κ3) is 6.15. The largest absolute Gasteiger partial charge is 0.374 e. The van der Waals surface area contributed by atoms with Gasteiger partial charge in [0.25, 0.3) is 0 Å². The smallest absolute Gasteiger partial charge is 0.243 e.